The van der Waals surface area contributed by atoms with Gasteiger partial charge in [-0.05, 0) is 18.9 Å². The summed E-state index contributed by atoms with van der Waals surface area (Å²) in [6.45, 7) is 0. The zero-order valence-corrected chi connectivity index (χ0v) is 7.31. The Hall–Kier alpha value is -1.32. The van der Waals surface area contributed by atoms with E-state index < -0.39 is 5.97 Å². The molecule has 0 amide bonds. The number of hydrogen-bond donors (Lipinski definition) is 1. The normalized spacial score (nSPS) is 16.0. The molecular weight excluding hydrogens is 168 g/mol. The molecule has 1 saturated carbocycles. The summed E-state index contributed by atoms with van der Waals surface area (Å²) < 4.78 is 1.94. The van der Waals surface area contributed by atoms with Crippen LogP contribution in [0.3, 0.4) is 0 Å². The Kier molecular flexibility index (Phi) is 2.04. The predicted molar refractivity (Wildman–Crippen MR) is 46.5 cm³/mol. The van der Waals surface area contributed by atoms with Crippen LogP contribution >= 0.6 is 0 Å². The third-order valence-electron chi connectivity index (χ3n) is 2.18. The van der Waals surface area contributed by atoms with Gasteiger partial charge >= 0.3 is 5.97 Å². The average Bonchev–Trinajstić information content (AvgIpc) is 2.83. The van der Waals surface area contributed by atoms with Crippen LogP contribution in [0.1, 0.15) is 31.0 Å². The van der Waals surface area contributed by atoms with Crippen LogP contribution in [0.5, 0.6) is 0 Å². The molecule has 1 fully saturated rings. The topological polar surface area (TPSA) is 55.1 Å². The van der Waals surface area contributed by atoms with Crippen LogP contribution < -0.4 is 0 Å². The van der Waals surface area contributed by atoms with Gasteiger partial charge in [0.1, 0.15) is 0 Å². The molecule has 70 valence electrons. The molecule has 0 unspecified atom stereocenters. The summed E-state index contributed by atoms with van der Waals surface area (Å²) in [5, 5.41) is 12.8. The van der Waals surface area contributed by atoms with E-state index in [1.807, 2.05) is 16.9 Å². The van der Waals surface area contributed by atoms with Crippen LogP contribution in [0.15, 0.2) is 12.3 Å². The van der Waals surface area contributed by atoms with Gasteiger partial charge in [-0.2, -0.15) is 5.10 Å². The van der Waals surface area contributed by atoms with Gasteiger partial charge in [0.15, 0.2) is 0 Å². The third-order valence-corrected chi connectivity index (χ3v) is 2.18. The maximum atomic E-state index is 10.3. The van der Waals surface area contributed by atoms with Crippen molar-refractivity contribution in [3.05, 3.63) is 18.0 Å². The van der Waals surface area contributed by atoms with Gasteiger partial charge in [-0.15, -0.1) is 0 Å². The molecular formula is C9H12N2O2. The molecule has 0 atom stereocenters. The fourth-order valence-corrected chi connectivity index (χ4v) is 1.29. The Labute approximate surface area is 76.2 Å². The van der Waals surface area contributed by atoms with Gasteiger partial charge in [-0.3, -0.25) is 9.48 Å². The maximum absolute atomic E-state index is 10.3. The zero-order valence-electron chi connectivity index (χ0n) is 7.31. The molecule has 0 bridgehead atoms. The molecule has 2 rings (SSSR count). The molecule has 1 aliphatic rings. The molecule has 1 aliphatic carbocycles. The first-order valence-corrected chi connectivity index (χ1v) is 4.51. The summed E-state index contributed by atoms with van der Waals surface area (Å²) in [5.41, 5.74) is 0.884. The molecule has 0 aliphatic heterocycles. The standard InChI is InChI=1S/C9H12N2O2/c12-9(13)4-1-7-5-6-11(10-7)8-2-3-8/h5-6,8H,1-4H2,(H,12,13). The van der Waals surface area contributed by atoms with Crippen LogP contribution in [0.25, 0.3) is 0 Å². The molecule has 4 nitrogen and oxygen atoms in total. The van der Waals surface area contributed by atoms with E-state index in [0.717, 1.165) is 5.69 Å². The second-order valence-electron chi connectivity index (χ2n) is 3.41. The summed E-state index contributed by atoms with van der Waals surface area (Å²) in [4.78, 5) is 10.3. The fraction of sp³-hybridized carbons (Fsp3) is 0.556. The minimum absolute atomic E-state index is 0.168. The Bertz CT molecular complexity index is 315. The van der Waals surface area contributed by atoms with Crippen molar-refractivity contribution in [2.45, 2.75) is 31.7 Å². The molecule has 0 saturated heterocycles. The zero-order chi connectivity index (χ0) is 9.26. The number of aliphatic carboxylic acids is 1. The van der Waals surface area contributed by atoms with E-state index in [0.29, 0.717) is 12.5 Å². The van der Waals surface area contributed by atoms with Crippen molar-refractivity contribution in [3.8, 4) is 0 Å². The van der Waals surface area contributed by atoms with Gasteiger partial charge in [-0.25, -0.2) is 0 Å². The highest BCUT2D eigenvalue weighted by molar-refractivity contribution is 5.66. The van der Waals surface area contributed by atoms with E-state index in [2.05, 4.69) is 5.10 Å². The summed E-state index contributed by atoms with van der Waals surface area (Å²) in [7, 11) is 0. The van der Waals surface area contributed by atoms with Crippen molar-refractivity contribution in [2.75, 3.05) is 0 Å². The van der Waals surface area contributed by atoms with Crippen LogP contribution in [0.4, 0.5) is 0 Å². The fourth-order valence-electron chi connectivity index (χ4n) is 1.29. The number of nitrogens with zero attached hydrogens (tertiary/aromatic N) is 2. The molecule has 1 aromatic heterocycles. The van der Waals surface area contributed by atoms with Crippen molar-refractivity contribution in [3.63, 3.8) is 0 Å². The Morgan fingerprint density at radius 3 is 3.08 bits per heavy atom. The van der Waals surface area contributed by atoms with Crippen LogP contribution in [-0.2, 0) is 11.2 Å². The molecule has 0 aromatic carbocycles. The van der Waals surface area contributed by atoms with Crippen molar-refractivity contribution < 1.29 is 9.90 Å². The monoisotopic (exact) mass is 180 g/mol. The number of carboxylic acid groups (broad SMARTS) is 1. The van der Waals surface area contributed by atoms with E-state index in [1.54, 1.807) is 0 Å². The van der Waals surface area contributed by atoms with E-state index >= 15 is 0 Å². The summed E-state index contributed by atoms with van der Waals surface area (Å²) in [5.74, 6) is -0.763. The summed E-state index contributed by atoms with van der Waals surface area (Å²) >= 11 is 0. The predicted octanol–water partition coefficient (Wildman–Crippen LogP) is 1.24. The molecule has 0 radical (unpaired) electrons. The summed E-state index contributed by atoms with van der Waals surface area (Å²) in [6, 6.07) is 2.49. The molecule has 4 heteroatoms. The number of hydrogen-bond acceptors (Lipinski definition) is 2. The first-order chi connectivity index (χ1) is 6.25. The number of rotatable bonds is 4. The van der Waals surface area contributed by atoms with E-state index in [-0.39, 0.29) is 6.42 Å². The number of carbonyl (C=O) groups is 1. The second-order valence-corrected chi connectivity index (χ2v) is 3.41. The minimum atomic E-state index is -0.763. The van der Waals surface area contributed by atoms with Gasteiger partial charge < -0.3 is 5.11 Å². The second kappa shape index (κ2) is 3.20. The number of carboxylic acids is 1. The quantitative estimate of drug-likeness (QED) is 0.758. The SMILES string of the molecule is O=C(O)CCc1ccn(C2CC2)n1. The Morgan fingerprint density at radius 2 is 2.46 bits per heavy atom. The average molecular weight is 180 g/mol. The first kappa shape index (κ1) is 8.29. The van der Waals surface area contributed by atoms with Gasteiger partial charge in [0, 0.05) is 12.6 Å². The highest BCUT2D eigenvalue weighted by Crippen LogP contribution is 2.33. The lowest BCUT2D eigenvalue weighted by atomic mass is 10.2. The highest BCUT2D eigenvalue weighted by Gasteiger charge is 2.24. The number of aromatic nitrogens is 2. The smallest absolute Gasteiger partial charge is 0.303 e. The maximum Gasteiger partial charge on any atom is 0.303 e. The largest absolute Gasteiger partial charge is 0.481 e. The van der Waals surface area contributed by atoms with Crippen molar-refractivity contribution in [1.82, 2.24) is 9.78 Å². The van der Waals surface area contributed by atoms with Crippen LogP contribution in [0.2, 0.25) is 0 Å². The van der Waals surface area contributed by atoms with E-state index in [1.165, 1.54) is 12.8 Å². The lowest BCUT2D eigenvalue weighted by Crippen LogP contribution is -2.00. The van der Waals surface area contributed by atoms with Gasteiger partial charge in [0.05, 0.1) is 18.2 Å². The van der Waals surface area contributed by atoms with Gasteiger partial charge in [0.2, 0.25) is 0 Å². The first-order valence-electron chi connectivity index (χ1n) is 4.51. The lowest BCUT2D eigenvalue weighted by Gasteiger charge is -1.95. The molecule has 1 heterocycles. The van der Waals surface area contributed by atoms with Gasteiger partial charge in [-0.1, -0.05) is 0 Å². The molecule has 13 heavy (non-hydrogen) atoms. The van der Waals surface area contributed by atoms with Crippen molar-refractivity contribution >= 4 is 5.97 Å². The molecule has 1 aromatic rings. The minimum Gasteiger partial charge on any atom is -0.481 e. The van der Waals surface area contributed by atoms with E-state index in [4.69, 9.17) is 5.11 Å². The highest BCUT2D eigenvalue weighted by atomic mass is 16.4. The van der Waals surface area contributed by atoms with Crippen LogP contribution in [0, 0.1) is 0 Å². The van der Waals surface area contributed by atoms with Gasteiger partial charge in [0.25, 0.3) is 0 Å². The van der Waals surface area contributed by atoms with Crippen molar-refractivity contribution in [1.29, 1.82) is 0 Å². The lowest BCUT2D eigenvalue weighted by molar-refractivity contribution is -0.136. The summed E-state index contributed by atoms with van der Waals surface area (Å²) in [6.07, 6.45) is 5.06. The van der Waals surface area contributed by atoms with Crippen LogP contribution in [-0.4, -0.2) is 20.9 Å². The van der Waals surface area contributed by atoms with E-state index in [9.17, 15) is 4.79 Å². The molecule has 1 N–H and O–H groups in total. The number of aryl methyl sites for hydroxylation is 1. The van der Waals surface area contributed by atoms with Crippen molar-refractivity contribution in [2.24, 2.45) is 0 Å². The Morgan fingerprint density at radius 1 is 1.69 bits per heavy atom. The third kappa shape index (κ3) is 2.08. The Balaban J connectivity index is 1.92. The molecule has 0 spiro atoms.